The Labute approximate surface area is 129 Å². The Morgan fingerprint density at radius 2 is 1.86 bits per heavy atom. The first-order valence-corrected chi connectivity index (χ1v) is 7.43. The zero-order valence-corrected chi connectivity index (χ0v) is 12.6. The summed E-state index contributed by atoms with van der Waals surface area (Å²) in [5.41, 5.74) is 1.36. The van der Waals surface area contributed by atoms with Crippen molar-refractivity contribution in [1.82, 2.24) is 4.98 Å². The van der Waals surface area contributed by atoms with Crippen LogP contribution in [0.3, 0.4) is 0 Å². The molecule has 2 aromatic rings. The monoisotopic (exact) mass is 297 g/mol. The van der Waals surface area contributed by atoms with Gasteiger partial charge in [0, 0.05) is 37.6 Å². The van der Waals surface area contributed by atoms with Gasteiger partial charge in [0.25, 0.3) is 5.91 Å². The summed E-state index contributed by atoms with van der Waals surface area (Å²) in [5.74, 6) is 0.959. The summed E-state index contributed by atoms with van der Waals surface area (Å²) >= 11 is 0. The van der Waals surface area contributed by atoms with E-state index in [2.05, 4.69) is 9.88 Å². The minimum atomic E-state index is -0.0893. The molecule has 1 aromatic heterocycles. The van der Waals surface area contributed by atoms with Crippen LogP contribution in [0.15, 0.2) is 42.6 Å². The highest BCUT2D eigenvalue weighted by atomic mass is 16.3. The molecule has 5 nitrogen and oxygen atoms in total. The summed E-state index contributed by atoms with van der Waals surface area (Å²) in [6.07, 6.45) is 4.03. The Hall–Kier alpha value is -2.56. The van der Waals surface area contributed by atoms with Crippen LogP contribution in [-0.2, 0) is 0 Å². The predicted octanol–water partition coefficient (Wildman–Crippen LogP) is 2.66. The Bertz CT molecular complexity index is 664. The molecule has 1 fully saturated rings. The third-order valence-electron chi connectivity index (χ3n) is 3.96. The molecular weight excluding hydrogens is 278 g/mol. The zero-order valence-electron chi connectivity index (χ0n) is 12.6. The molecule has 114 valence electrons. The molecule has 1 aromatic carbocycles. The number of carbonyl (C=O) groups is 1. The molecule has 1 amide bonds. The first-order chi connectivity index (χ1) is 10.6. The van der Waals surface area contributed by atoms with E-state index in [1.54, 1.807) is 48.5 Å². The second kappa shape index (κ2) is 6.05. The van der Waals surface area contributed by atoms with Crippen molar-refractivity contribution in [1.29, 1.82) is 0 Å². The molecular formula is C17H19N3O2. The van der Waals surface area contributed by atoms with Crippen molar-refractivity contribution >= 4 is 17.4 Å². The summed E-state index contributed by atoms with van der Waals surface area (Å²) in [4.78, 5) is 20.8. The van der Waals surface area contributed by atoms with Gasteiger partial charge in [0.1, 0.15) is 11.6 Å². The number of aromatic hydroxyl groups is 1. The summed E-state index contributed by atoms with van der Waals surface area (Å²) < 4.78 is 0. The van der Waals surface area contributed by atoms with Gasteiger partial charge < -0.3 is 14.9 Å². The molecule has 0 atom stereocenters. The van der Waals surface area contributed by atoms with Gasteiger partial charge in [-0.3, -0.25) is 4.79 Å². The lowest BCUT2D eigenvalue weighted by molar-refractivity contribution is 0.0993. The van der Waals surface area contributed by atoms with Gasteiger partial charge in [-0.1, -0.05) is 0 Å². The molecule has 0 saturated carbocycles. The van der Waals surface area contributed by atoms with Crippen LogP contribution in [0.5, 0.6) is 5.75 Å². The van der Waals surface area contributed by atoms with E-state index in [1.165, 1.54) is 12.8 Å². The molecule has 5 heteroatoms. The van der Waals surface area contributed by atoms with Crippen molar-refractivity contribution < 1.29 is 9.90 Å². The Morgan fingerprint density at radius 3 is 2.55 bits per heavy atom. The number of carbonyl (C=O) groups excluding carboxylic acids is 1. The molecule has 0 aliphatic carbocycles. The number of phenols is 1. The number of benzene rings is 1. The van der Waals surface area contributed by atoms with Crippen LogP contribution < -0.4 is 9.80 Å². The van der Waals surface area contributed by atoms with Crippen LogP contribution in [0.1, 0.15) is 23.2 Å². The van der Waals surface area contributed by atoms with Crippen molar-refractivity contribution in [2.75, 3.05) is 29.9 Å². The highest BCUT2D eigenvalue weighted by molar-refractivity contribution is 6.06. The van der Waals surface area contributed by atoms with E-state index in [0.717, 1.165) is 24.6 Å². The summed E-state index contributed by atoms with van der Waals surface area (Å²) in [5, 5.41) is 9.33. The van der Waals surface area contributed by atoms with Crippen molar-refractivity contribution in [2.24, 2.45) is 0 Å². The van der Waals surface area contributed by atoms with E-state index in [1.807, 2.05) is 6.07 Å². The Balaban J connectivity index is 1.82. The molecule has 2 heterocycles. The summed E-state index contributed by atoms with van der Waals surface area (Å²) in [7, 11) is 1.73. The molecule has 1 saturated heterocycles. The van der Waals surface area contributed by atoms with Crippen molar-refractivity contribution in [3.05, 3.63) is 48.2 Å². The average molecular weight is 297 g/mol. The number of hydrogen-bond donors (Lipinski definition) is 1. The van der Waals surface area contributed by atoms with Crippen molar-refractivity contribution in [3.63, 3.8) is 0 Å². The highest BCUT2D eigenvalue weighted by Crippen LogP contribution is 2.22. The molecule has 22 heavy (non-hydrogen) atoms. The quantitative estimate of drug-likeness (QED) is 0.946. The third-order valence-corrected chi connectivity index (χ3v) is 3.96. The predicted molar refractivity (Wildman–Crippen MR) is 86.5 cm³/mol. The largest absolute Gasteiger partial charge is 0.508 e. The van der Waals surface area contributed by atoms with Gasteiger partial charge >= 0.3 is 0 Å². The summed E-state index contributed by atoms with van der Waals surface area (Å²) in [6, 6.07) is 10.2. The molecule has 0 spiro atoms. The first kappa shape index (κ1) is 14.4. The van der Waals surface area contributed by atoms with Gasteiger partial charge in [-0.25, -0.2) is 4.98 Å². The molecule has 1 aliphatic heterocycles. The molecule has 0 unspecified atom stereocenters. The lowest BCUT2D eigenvalue weighted by atomic mass is 10.2. The number of rotatable bonds is 3. The maximum atomic E-state index is 12.6. The van der Waals surface area contributed by atoms with Crippen LogP contribution in [0, 0.1) is 0 Å². The van der Waals surface area contributed by atoms with Crippen LogP contribution in [0.4, 0.5) is 11.5 Å². The van der Waals surface area contributed by atoms with Crippen LogP contribution in [0.2, 0.25) is 0 Å². The van der Waals surface area contributed by atoms with E-state index in [4.69, 9.17) is 0 Å². The van der Waals surface area contributed by atoms with Crippen LogP contribution in [-0.4, -0.2) is 36.1 Å². The molecule has 3 rings (SSSR count). The fourth-order valence-corrected chi connectivity index (χ4v) is 2.66. The number of amides is 1. The normalized spacial score (nSPS) is 14.1. The second-order valence-electron chi connectivity index (χ2n) is 5.48. The number of hydrogen-bond acceptors (Lipinski definition) is 4. The smallest absolute Gasteiger partial charge is 0.258 e. The second-order valence-corrected chi connectivity index (χ2v) is 5.48. The van der Waals surface area contributed by atoms with Gasteiger partial charge in [-0.15, -0.1) is 0 Å². The number of nitrogens with zero attached hydrogens (tertiary/aromatic N) is 3. The van der Waals surface area contributed by atoms with E-state index in [9.17, 15) is 9.90 Å². The van der Waals surface area contributed by atoms with Gasteiger partial charge in [0.15, 0.2) is 0 Å². The van der Waals surface area contributed by atoms with Crippen molar-refractivity contribution in [3.8, 4) is 5.75 Å². The minimum absolute atomic E-state index is 0.0893. The fraction of sp³-hybridized carbons (Fsp3) is 0.294. The number of aromatic nitrogens is 1. The van der Waals surface area contributed by atoms with Crippen LogP contribution in [0.25, 0.3) is 0 Å². The lowest BCUT2D eigenvalue weighted by Crippen LogP contribution is -2.27. The van der Waals surface area contributed by atoms with E-state index in [0.29, 0.717) is 5.56 Å². The maximum absolute atomic E-state index is 12.6. The van der Waals surface area contributed by atoms with Gasteiger partial charge in [0.2, 0.25) is 0 Å². The standard InChI is InChI=1S/C17H19N3O2/c1-19(14-4-6-15(21)7-5-14)17(22)13-8-9-18-16(12-13)20-10-2-3-11-20/h4-9,12,21H,2-3,10-11H2,1H3. The van der Waals surface area contributed by atoms with Gasteiger partial charge in [-0.2, -0.15) is 0 Å². The summed E-state index contributed by atoms with van der Waals surface area (Å²) in [6.45, 7) is 2.00. The molecule has 1 aliphatic rings. The maximum Gasteiger partial charge on any atom is 0.258 e. The SMILES string of the molecule is CN(C(=O)c1ccnc(N2CCCC2)c1)c1ccc(O)cc1. The average Bonchev–Trinajstić information content (AvgIpc) is 3.09. The lowest BCUT2D eigenvalue weighted by Gasteiger charge is -2.20. The molecule has 0 bridgehead atoms. The van der Waals surface area contributed by atoms with E-state index >= 15 is 0 Å². The first-order valence-electron chi connectivity index (χ1n) is 7.43. The van der Waals surface area contributed by atoms with Crippen LogP contribution >= 0.6 is 0 Å². The zero-order chi connectivity index (χ0) is 15.5. The molecule has 1 N–H and O–H groups in total. The van der Waals surface area contributed by atoms with Crippen molar-refractivity contribution in [2.45, 2.75) is 12.8 Å². The minimum Gasteiger partial charge on any atom is -0.508 e. The fourth-order valence-electron chi connectivity index (χ4n) is 2.66. The number of anilines is 2. The van der Waals surface area contributed by atoms with Gasteiger partial charge in [0.05, 0.1) is 0 Å². The van der Waals surface area contributed by atoms with E-state index in [-0.39, 0.29) is 11.7 Å². The number of phenolic OH excluding ortho intramolecular Hbond substituents is 1. The van der Waals surface area contributed by atoms with Gasteiger partial charge in [-0.05, 0) is 49.2 Å². The Kier molecular flexibility index (Phi) is 3.96. The number of pyridine rings is 1. The topological polar surface area (TPSA) is 56.7 Å². The highest BCUT2D eigenvalue weighted by Gasteiger charge is 2.18. The Morgan fingerprint density at radius 1 is 1.18 bits per heavy atom. The third kappa shape index (κ3) is 2.88. The van der Waals surface area contributed by atoms with E-state index < -0.39 is 0 Å². The molecule has 0 radical (unpaired) electrons.